The van der Waals surface area contributed by atoms with Gasteiger partial charge in [0.05, 0.1) is 12.2 Å². The molecule has 1 aromatic rings. The Hall–Kier alpha value is -1.14. The fourth-order valence-electron chi connectivity index (χ4n) is 2.29. The van der Waals surface area contributed by atoms with Gasteiger partial charge in [-0.25, -0.2) is 4.98 Å². The van der Waals surface area contributed by atoms with Crippen molar-refractivity contribution in [2.45, 2.75) is 25.8 Å². The first-order valence-electron chi connectivity index (χ1n) is 6.45. The molecule has 1 saturated heterocycles. The number of rotatable bonds is 4. The molecule has 0 radical (unpaired) electrons. The predicted octanol–water partition coefficient (Wildman–Crippen LogP) is 1.51. The second-order valence-electron chi connectivity index (χ2n) is 4.92. The van der Waals surface area contributed by atoms with Gasteiger partial charge in [0.25, 0.3) is 0 Å². The van der Waals surface area contributed by atoms with Crippen LogP contribution in [0.3, 0.4) is 0 Å². The van der Waals surface area contributed by atoms with Gasteiger partial charge in [-0.3, -0.25) is 9.69 Å². The number of carbonyl (C=O) groups is 1. The quantitative estimate of drug-likeness (QED) is 0.879. The SMILES string of the molecule is Cc1nc(NC2CCN(CC(N)=O)CC2)ccc1Br. The monoisotopic (exact) mass is 326 g/mol. The summed E-state index contributed by atoms with van der Waals surface area (Å²) in [6.45, 7) is 4.14. The maximum absolute atomic E-state index is 10.9. The number of nitrogens with one attached hydrogen (secondary N) is 1. The number of halogens is 1. The Kier molecular flexibility index (Phi) is 4.76. The van der Waals surface area contributed by atoms with Gasteiger partial charge in [-0.2, -0.15) is 0 Å². The van der Waals surface area contributed by atoms with Gasteiger partial charge in [-0.15, -0.1) is 0 Å². The number of primary amides is 1. The van der Waals surface area contributed by atoms with Crippen molar-refractivity contribution in [3.8, 4) is 0 Å². The van der Waals surface area contributed by atoms with Crippen molar-refractivity contribution >= 4 is 27.7 Å². The zero-order valence-electron chi connectivity index (χ0n) is 11.0. The second-order valence-corrected chi connectivity index (χ2v) is 5.78. The van der Waals surface area contributed by atoms with E-state index >= 15 is 0 Å². The molecule has 0 aliphatic carbocycles. The van der Waals surface area contributed by atoms with Crippen LogP contribution in [0.2, 0.25) is 0 Å². The number of nitrogens with zero attached hydrogens (tertiary/aromatic N) is 2. The topological polar surface area (TPSA) is 71.2 Å². The molecule has 1 aliphatic heterocycles. The number of aryl methyl sites for hydroxylation is 1. The summed E-state index contributed by atoms with van der Waals surface area (Å²) in [6, 6.07) is 4.40. The normalized spacial score (nSPS) is 17.4. The van der Waals surface area contributed by atoms with E-state index in [0.29, 0.717) is 12.6 Å². The van der Waals surface area contributed by atoms with Crippen molar-refractivity contribution in [1.82, 2.24) is 9.88 Å². The maximum atomic E-state index is 10.9. The Bertz CT molecular complexity index is 458. The van der Waals surface area contributed by atoms with Crippen molar-refractivity contribution in [1.29, 1.82) is 0 Å². The Morgan fingerprint density at radius 3 is 2.79 bits per heavy atom. The highest BCUT2D eigenvalue weighted by atomic mass is 79.9. The Balaban J connectivity index is 1.85. The zero-order valence-corrected chi connectivity index (χ0v) is 12.6. The van der Waals surface area contributed by atoms with Crippen molar-refractivity contribution in [2.24, 2.45) is 5.73 Å². The van der Waals surface area contributed by atoms with Gasteiger partial charge in [0.2, 0.25) is 5.91 Å². The minimum absolute atomic E-state index is 0.253. The highest BCUT2D eigenvalue weighted by Crippen LogP contribution is 2.19. The standard InChI is InChI=1S/C13H19BrN4O/c1-9-11(14)2-3-13(16-9)17-10-4-6-18(7-5-10)8-12(15)19/h2-3,10H,4-8H2,1H3,(H2,15,19)(H,16,17). The number of carbonyl (C=O) groups excluding carboxylic acids is 1. The molecule has 0 spiro atoms. The summed E-state index contributed by atoms with van der Waals surface area (Å²) in [6.07, 6.45) is 2.01. The van der Waals surface area contributed by atoms with E-state index in [4.69, 9.17) is 5.73 Å². The molecule has 0 atom stereocenters. The number of pyridine rings is 1. The van der Waals surface area contributed by atoms with Crippen LogP contribution >= 0.6 is 15.9 Å². The van der Waals surface area contributed by atoms with E-state index in [-0.39, 0.29) is 5.91 Å². The van der Waals surface area contributed by atoms with Gasteiger partial charge in [0.15, 0.2) is 0 Å². The van der Waals surface area contributed by atoms with Crippen molar-refractivity contribution in [2.75, 3.05) is 25.0 Å². The van der Waals surface area contributed by atoms with Crippen molar-refractivity contribution in [3.63, 3.8) is 0 Å². The third-order valence-electron chi connectivity index (χ3n) is 3.34. The maximum Gasteiger partial charge on any atom is 0.231 e. The molecule has 1 aromatic heterocycles. The number of anilines is 1. The molecule has 3 N–H and O–H groups in total. The lowest BCUT2D eigenvalue weighted by Crippen LogP contribution is -2.43. The Morgan fingerprint density at radius 2 is 2.21 bits per heavy atom. The van der Waals surface area contributed by atoms with E-state index in [2.05, 4.69) is 31.1 Å². The lowest BCUT2D eigenvalue weighted by atomic mass is 10.1. The molecule has 0 bridgehead atoms. The van der Waals surface area contributed by atoms with Gasteiger partial charge in [-0.05, 0) is 47.8 Å². The molecule has 19 heavy (non-hydrogen) atoms. The molecule has 0 aromatic carbocycles. The molecule has 1 fully saturated rings. The molecule has 0 saturated carbocycles. The number of hydrogen-bond acceptors (Lipinski definition) is 4. The molecule has 104 valence electrons. The number of aromatic nitrogens is 1. The van der Waals surface area contributed by atoms with Gasteiger partial charge < -0.3 is 11.1 Å². The Morgan fingerprint density at radius 1 is 1.53 bits per heavy atom. The van der Waals surface area contributed by atoms with Crippen LogP contribution in [0.15, 0.2) is 16.6 Å². The smallest absolute Gasteiger partial charge is 0.231 e. The van der Waals surface area contributed by atoms with E-state index in [9.17, 15) is 4.79 Å². The fraction of sp³-hybridized carbons (Fsp3) is 0.538. The van der Waals surface area contributed by atoms with E-state index < -0.39 is 0 Å². The first-order chi connectivity index (χ1) is 9.04. The molecule has 5 nitrogen and oxygen atoms in total. The summed E-state index contributed by atoms with van der Waals surface area (Å²) >= 11 is 3.44. The van der Waals surface area contributed by atoms with Gasteiger partial charge in [0.1, 0.15) is 5.82 Å². The number of piperidine rings is 1. The van der Waals surface area contributed by atoms with Crippen LogP contribution in [0, 0.1) is 6.92 Å². The van der Waals surface area contributed by atoms with Crippen LogP contribution < -0.4 is 11.1 Å². The van der Waals surface area contributed by atoms with E-state index in [1.165, 1.54) is 0 Å². The van der Waals surface area contributed by atoms with Crippen molar-refractivity contribution < 1.29 is 4.79 Å². The first-order valence-corrected chi connectivity index (χ1v) is 7.24. The second kappa shape index (κ2) is 6.34. The molecular weight excluding hydrogens is 308 g/mol. The van der Waals surface area contributed by atoms with Gasteiger partial charge in [-0.1, -0.05) is 0 Å². The lowest BCUT2D eigenvalue weighted by Gasteiger charge is -2.31. The molecule has 2 heterocycles. The third kappa shape index (κ3) is 4.18. The summed E-state index contributed by atoms with van der Waals surface area (Å²) in [5, 5.41) is 3.45. The average molecular weight is 327 g/mol. The van der Waals surface area contributed by atoms with Crippen molar-refractivity contribution in [3.05, 3.63) is 22.3 Å². The zero-order chi connectivity index (χ0) is 13.8. The minimum atomic E-state index is -0.253. The summed E-state index contributed by atoms with van der Waals surface area (Å²) in [5.74, 6) is 0.658. The van der Waals surface area contributed by atoms with E-state index in [1.54, 1.807) is 0 Å². The summed E-state index contributed by atoms with van der Waals surface area (Å²) in [5.41, 5.74) is 6.18. The largest absolute Gasteiger partial charge is 0.369 e. The van der Waals surface area contributed by atoms with Crippen LogP contribution in [0.4, 0.5) is 5.82 Å². The molecule has 1 aliphatic rings. The van der Waals surface area contributed by atoms with Crippen LogP contribution in [0.1, 0.15) is 18.5 Å². The number of amides is 1. The van der Waals surface area contributed by atoms with Crippen LogP contribution in [0.5, 0.6) is 0 Å². The molecule has 6 heteroatoms. The number of nitrogens with two attached hydrogens (primary N) is 1. The first kappa shape index (κ1) is 14.3. The van der Waals surface area contributed by atoms with Crippen LogP contribution in [0.25, 0.3) is 0 Å². The highest BCUT2D eigenvalue weighted by Gasteiger charge is 2.20. The van der Waals surface area contributed by atoms with Gasteiger partial charge in [0, 0.05) is 23.6 Å². The lowest BCUT2D eigenvalue weighted by molar-refractivity contribution is -0.119. The van der Waals surface area contributed by atoms with Crippen LogP contribution in [-0.2, 0) is 4.79 Å². The van der Waals surface area contributed by atoms with Crippen LogP contribution in [-0.4, -0.2) is 41.5 Å². The highest BCUT2D eigenvalue weighted by molar-refractivity contribution is 9.10. The summed E-state index contributed by atoms with van der Waals surface area (Å²) in [4.78, 5) is 17.4. The number of hydrogen-bond donors (Lipinski definition) is 2. The Labute approximate surface area is 121 Å². The molecule has 1 amide bonds. The average Bonchev–Trinajstić information content (AvgIpc) is 2.36. The minimum Gasteiger partial charge on any atom is -0.369 e. The third-order valence-corrected chi connectivity index (χ3v) is 4.18. The molecule has 0 unspecified atom stereocenters. The number of likely N-dealkylation sites (tertiary alicyclic amines) is 1. The fourth-order valence-corrected chi connectivity index (χ4v) is 2.51. The molecular formula is C13H19BrN4O. The van der Waals surface area contributed by atoms with E-state index in [0.717, 1.165) is 41.9 Å². The summed E-state index contributed by atoms with van der Waals surface area (Å²) < 4.78 is 1.02. The predicted molar refractivity (Wildman–Crippen MR) is 79.0 cm³/mol. The molecule has 2 rings (SSSR count). The van der Waals surface area contributed by atoms with E-state index in [1.807, 2.05) is 19.1 Å². The van der Waals surface area contributed by atoms with Gasteiger partial charge >= 0.3 is 0 Å². The summed E-state index contributed by atoms with van der Waals surface area (Å²) in [7, 11) is 0.